The van der Waals surface area contributed by atoms with Gasteiger partial charge in [-0.15, -0.1) is 11.3 Å². The molecule has 190 valence electrons. The highest BCUT2D eigenvalue weighted by Gasteiger charge is 2.42. The molecule has 1 unspecified atom stereocenters. The summed E-state index contributed by atoms with van der Waals surface area (Å²) in [5.74, 6) is 2.13. The van der Waals surface area contributed by atoms with Gasteiger partial charge in [-0.2, -0.15) is 4.98 Å². The molecular formula is C26H29Cl2N5O2S. The molecule has 2 saturated heterocycles. The Bertz CT molecular complexity index is 1270. The molecule has 4 heterocycles. The maximum Gasteiger partial charge on any atom is 0.306 e. The number of benzene rings is 1. The monoisotopic (exact) mass is 545 g/mol. The van der Waals surface area contributed by atoms with Gasteiger partial charge in [-0.3, -0.25) is 4.79 Å². The number of hydrogen-bond donors (Lipinski definition) is 2. The van der Waals surface area contributed by atoms with Crippen molar-refractivity contribution in [2.24, 2.45) is 17.8 Å². The molecule has 1 aliphatic carbocycles. The first-order valence-corrected chi connectivity index (χ1v) is 14.2. The lowest BCUT2D eigenvalue weighted by Gasteiger charge is -2.50. The Kier molecular flexibility index (Phi) is 6.71. The highest BCUT2D eigenvalue weighted by atomic mass is 35.5. The molecule has 0 spiro atoms. The molecule has 2 aromatic heterocycles. The van der Waals surface area contributed by atoms with Gasteiger partial charge in [0, 0.05) is 42.3 Å². The van der Waals surface area contributed by atoms with E-state index in [2.05, 4.69) is 20.5 Å². The van der Waals surface area contributed by atoms with Crippen LogP contribution in [0.15, 0.2) is 29.6 Å². The second-order valence-electron chi connectivity index (χ2n) is 10.3. The Balaban J connectivity index is 1.09. The lowest BCUT2D eigenvalue weighted by atomic mass is 9.76. The number of carboxylic acids is 1. The molecule has 2 N–H and O–H groups in total. The summed E-state index contributed by atoms with van der Waals surface area (Å²) < 4.78 is 1.05. The van der Waals surface area contributed by atoms with Crippen LogP contribution in [0, 0.1) is 17.8 Å². The van der Waals surface area contributed by atoms with Gasteiger partial charge < -0.3 is 20.2 Å². The maximum atomic E-state index is 11.2. The lowest BCUT2D eigenvalue weighted by molar-refractivity contribution is -0.147. The smallest absolute Gasteiger partial charge is 0.306 e. The van der Waals surface area contributed by atoms with E-state index in [1.54, 1.807) is 17.4 Å². The van der Waals surface area contributed by atoms with E-state index in [1.165, 1.54) is 12.8 Å². The first kappa shape index (κ1) is 24.2. The molecule has 6 rings (SSSR count). The number of halogens is 2. The van der Waals surface area contributed by atoms with Crippen LogP contribution in [0.3, 0.4) is 0 Å². The summed E-state index contributed by atoms with van der Waals surface area (Å²) in [4.78, 5) is 25.8. The third kappa shape index (κ3) is 4.76. The molecule has 0 amide bonds. The van der Waals surface area contributed by atoms with Crippen molar-refractivity contribution >= 4 is 62.5 Å². The van der Waals surface area contributed by atoms with Gasteiger partial charge in [0.05, 0.1) is 16.1 Å². The largest absolute Gasteiger partial charge is 0.481 e. The molecule has 1 aromatic carbocycles. The van der Waals surface area contributed by atoms with Crippen molar-refractivity contribution in [3.05, 3.63) is 45.3 Å². The molecular weight excluding hydrogens is 517 g/mol. The quantitative estimate of drug-likeness (QED) is 0.398. The zero-order valence-corrected chi connectivity index (χ0v) is 22.2. The van der Waals surface area contributed by atoms with Crippen LogP contribution in [0.5, 0.6) is 0 Å². The van der Waals surface area contributed by atoms with Crippen LogP contribution in [0.2, 0.25) is 10.0 Å². The van der Waals surface area contributed by atoms with Crippen LogP contribution in [0.1, 0.15) is 31.2 Å². The van der Waals surface area contributed by atoms with Gasteiger partial charge in [0.1, 0.15) is 5.82 Å². The van der Waals surface area contributed by atoms with Gasteiger partial charge in [0.25, 0.3) is 0 Å². The Morgan fingerprint density at radius 3 is 2.75 bits per heavy atom. The normalized spacial score (nSPS) is 24.9. The van der Waals surface area contributed by atoms with Crippen molar-refractivity contribution in [3.63, 3.8) is 0 Å². The SMILES string of the molecule is O=C(O)C1CC(N2CCCC(C3CN(c4nc(NCc5ccc(Cl)cc5Cl)c5sccc5n4)C3)C2)C1. The van der Waals surface area contributed by atoms with E-state index < -0.39 is 5.97 Å². The predicted octanol–water partition coefficient (Wildman–Crippen LogP) is 5.62. The summed E-state index contributed by atoms with van der Waals surface area (Å²) in [6.07, 6.45) is 4.08. The van der Waals surface area contributed by atoms with Gasteiger partial charge in [-0.1, -0.05) is 29.3 Å². The molecule has 3 aliphatic rings. The standard InChI is InChI=1S/C26H29Cl2N5O2S/c27-19-4-3-15(21(28)10-19)11-29-24-23-22(5-7-36-23)30-26(31-24)33-13-18(14-33)16-2-1-6-32(12-16)20-8-17(9-20)25(34)35/h3-5,7,10,16-18,20H,1-2,6,8-9,11-14H2,(H,34,35)(H,29,30,31). The number of thiophene rings is 1. The Morgan fingerprint density at radius 2 is 1.97 bits per heavy atom. The number of rotatable bonds is 7. The predicted molar refractivity (Wildman–Crippen MR) is 145 cm³/mol. The van der Waals surface area contributed by atoms with E-state index in [0.717, 1.165) is 66.6 Å². The average Bonchev–Trinajstić information content (AvgIpc) is 3.25. The van der Waals surface area contributed by atoms with Crippen molar-refractivity contribution in [1.29, 1.82) is 0 Å². The van der Waals surface area contributed by atoms with Crippen LogP contribution in [0.4, 0.5) is 11.8 Å². The molecule has 3 fully saturated rings. The van der Waals surface area contributed by atoms with Gasteiger partial charge in [0.15, 0.2) is 0 Å². The van der Waals surface area contributed by atoms with Crippen molar-refractivity contribution in [2.45, 2.75) is 38.3 Å². The summed E-state index contributed by atoms with van der Waals surface area (Å²) in [7, 11) is 0. The van der Waals surface area contributed by atoms with Gasteiger partial charge in [-0.05, 0) is 73.2 Å². The molecule has 7 nitrogen and oxygen atoms in total. The van der Waals surface area contributed by atoms with Gasteiger partial charge in [-0.25, -0.2) is 4.98 Å². The number of hydrogen-bond acceptors (Lipinski definition) is 7. The minimum atomic E-state index is -0.637. The summed E-state index contributed by atoms with van der Waals surface area (Å²) in [5.41, 5.74) is 1.93. The molecule has 0 radical (unpaired) electrons. The number of likely N-dealkylation sites (tertiary alicyclic amines) is 1. The third-order valence-corrected chi connectivity index (χ3v) is 9.58. The van der Waals surface area contributed by atoms with Crippen molar-refractivity contribution in [3.8, 4) is 0 Å². The van der Waals surface area contributed by atoms with E-state index in [-0.39, 0.29) is 5.92 Å². The average molecular weight is 547 g/mol. The summed E-state index contributed by atoms with van der Waals surface area (Å²) in [6.45, 7) is 4.70. The fourth-order valence-corrected chi connectivity index (χ4v) is 7.05. The highest BCUT2D eigenvalue weighted by Crippen LogP contribution is 2.39. The van der Waals surface area contributed by atoms with Crippen LogP contribution in [-0.2, 0) is 11.3 Å². The van der Waals surface area contributed by atoms with Crippen LogP contribution in [-0.4, -0.2) is 58.2 Å². The Hall–Kier alpha value is -2.13. The third-order valence-electron chi connectivity index (χ3n) is 8.08. The zero-order valence-electron chi connectivity index (χ0n) is 19.9. The number of nitrogens with zero attached hydrogens (tertiary/aromatic N) is 4. The van der Waals surface area contributed by atoms with Crippen molar-refractivity contribution in [2.75, 3.05) is 36.4 Å². The second-order valence-corrected chi connectivity index (χ2v) is 12.1. The minimum absolute atomic E-state index is 0.141. The van der Waals surface area contributed by atoms with E-state index >= 15 is 0 Å². The summed E-state index contributed by atoms with van der Waals surface area (Å²) in [6, 6.07) is 8.04. The molecule has 1 saturated carbocycles. The van der Waals surface area contributed by atoms with E-state index in [0.29, 0.717) is 34.5 Å². The summed E-state index contributed by atoms with van der Waals surface area (Å²) in [5, 5.41) is 16.0. The molecule has 36 heavy (non-hydrogen) atoms. The maximum absolute atomic E-state index is 11.2. The molecule has 1 atom stereocenters. The number of aromatic nitrogens is 2. The first-order valence-electron chi connectivity index (χ1n) is 12.6. The van der Waals surface area contributed by atoms with Crippen LogP contribution in [0.25, 0.3) is 10.2 Å². The molecule has 2 aliphatic heterocycles. The minimum Gasteiger partial charge on any atom is -0.481 e. The van der Waals surface area contributed by atoms with E-state index in [4.69, 9.17) is 33.2 Å². The lowest BCUT2D eigenvalue weighted by Crippen LogP contribution is -2.56. The molecule has 0 bridgehead atoms. The van der Waals surface area contributed by atoms with Crippen molar-refractivity contribution < 1.29 is 9.90 Å². The molecule has 10 heteroatoms. The van der Waals surface area contributed by atoms with Gasteiger partial charge in [0.2, 0.25) is 5.95 Å². The van der Waals surface area contributed by atoms with Crippen molar-refractivity contribution in [1.82, 2.24) is 14.9 Å². The van der Waals surface area contributed by atoms with Crippen LogP contribution >= 0.6 is 34.5 Å². The zero-order chi connectivity index (χ0) is 24.8. The number of piperidine rings is 1. The fraction of sp³-hybridized carbons (Fsp3) is 0.500. The number of nitrogens with one attached hydrogen (secondary N) is 1. The number of anilines is 2. The van der Waals surface area contributed by atoms with E-state index in [9.17, 15) is 9.90 Å². The number of carboxylic acid groups (broad SMARTS) is 1. The molecule has 3 aromatic rings. The second kappa shape index (κ2) is 9.97. The van der Waals surface area contributed by atoms with E-state index in [1.807, 2.05) is 18.2 Å². The Labute approximate surface area is 224 Å². The topological polar surface area (TPSA) is 81.6 Å². The van der Waals surface area contributed by atoms with Crippen LogP contribution < -0.4 is 10.2 Å². The van der Waals surface area contributed by atoms with Gasteiger partial charge >= 0.3 is 5.97 Å². The fourth-order valence-electron chi connectivity index (χ4n) is 5.77. The number of fused-ring (bicyclic) bond motifs is 1. The Morgan fingerprint density at radius 1 is 1.14 bits per heavy atom. The number of aliphatic carboxylic acids is 1. The highest BCUT2D eigenvalue weighted by molar-refractivity contribution is 7.17. The summed E-state index contributed by atoms with van der Waals surface area (Å²) >= 11 is 14.0. The number of carbonyl (C=O) groups is 1. The first-order chi connectivity index (χ1) is 17.4.